The zero-order valence-corrected chi connectivity index (χ0v) is 28.8. The fraction of sp³-hybridized carbons (Fsp3) is 0.200. The molecule has 2 aliphatic heterocycles. The van der Waals surface area contributed by atoms with Gasteiger partial charge in [-0.1, -0.05) is 60.7 Å². The number of nitrogens with zero attached hydrogens (tertiary/aromatic N) is 2. The molecule has 0 radical (unpaired) electrons. The van der Waals surface area contributed by atoms with Crippen molar-refractivity contribution in [2.24, 2.45) is 4.99 Å². The molecule has 0 unspecified atom stereocenters. The number of amides is 3. The number of benzene rings is 4. The molecule has 0 saturated carbocycles. The van der Waals surface area contributed by atoms with Gasteiger partial charge in [0.2, 0.25) is 11.8 Å². The van der Waals surface area contributed by atoms with E-state index < -0.39 is 23.6 Å². The van der Waals surface area contributed by atoms with E-state index in [-0.39, 0.29) is 37.8 Å². The number of nitrogens with one attached hydrogen (secondary N) is 2. The lowest BCUT2D eigenvalue weighted by Gasteiger charge is -2.24. The molecule has 10 nitrogen and oxygen atoms in total. The second kappa shape index (κ2) is 15.7. The van der Waals surface area contributed by atoms with E-state index in [9.17, 15) is 18.8 Å². The number of hydrogen-bond donors (Lipinski definition) is 2. The van der Waals surface area contributed by atoms with Crippen molar-refractivity contribution in [3.8, 4) is 11.5 Å². The monoisotopic (exact) mass is 718 g/mol. The molecule has 4 aromatic carbocycles. The minimum absolute atomic E-state index is 0.0643. The summed E-state index contributed by atoms with van der Waals surface area (Å²) in [5.74, 6) is -1.79. The number of likely N-dealkylation sites (tertiary alicyclic amines) is 1. The number of halogens is 1. The highest BCUT2D eigenvalue weighted by molar-refractivity contribution is 7.10. The summed E-state index contributed by atoms with van der Waals surface area (Å²) < 4.78 is 30.6. The molecular weight excluding hydrogens is 684 g/mol. The summed E-state index contributed by atoms with van der Waals surface area (Å²) >= 11 is 1.48. The molecule has 52 heavy (non-hydrogen) atoms. The van der Waals surface area contributed by atoms with E-state index >= 15 is 0 Å². The van der Waals surface area contributed by atoms with E-state index in [1.807, 2.05) is 72.1 Å². The van der Waals surface area contributed by atoms with Crippen LogP contribution in [0.4, 0.5) is 10.1 Å². The van der Waals surface area contributed by atoms with E-state index in [1.54, 1.807) is 24.3 Å². The summed E-state index contributed by atoms with van der Waals surface area (Å²) in [7, 11) is 0. The van der Waals surface area contributed by atoms with Gasteiger partial charge in [-0.3, -0.25) is 14.4 Å². The first-order valence-electron chi connectivity index (χ1n) is 16.8. The van der Waals surface area contributed by atoms with Crippen molar-refractivity contribution in [1.29, 1.82) is 0 Å². The molecule has 0 bridgehead atoms. The average molecular weight is 719 g/mol. The van der Waals surface area contributed by atoms with Crippen LogP contribution >= 0.6 is 11.3 Å². The second-order valence-corrected chi connectivity index (χ2v) is 13.3. The van der Waals surface area contributed by atoms with Crippen LogP contribution in [0.15, 0.2) is 126 Å². The van der Waals surface area contributed by atoms with Crippen LogP contribution in [0.1, 0.15) is 32.8 Å². The topological polar surface area (TPSA) is 119 Å². The molecule has 12 heteroatoms. The van der Waals surface area contributed by atoms with Crippen LogP contribution < -0.4 is 15.4 Å². The maximum Gasteiger partial charge on any atom is 0.251 e. The van der Waals surface area contributed by atoms with Crippen molar-refractivity contribution in [3.63, 3.8) is 0 Å². The van der Waals surface area contributed by atoms with Gasteiger partial charge < -0.3 is 29.7 Å². The summed E-state index contributed by atoms with van der Waals surface area (Å²) in [4.78, 5) is 47.3. The van der Waals surface area contributed by atoms with Crippen molar-refractivity contribution < 1.29 is 33.0 Å². The van der Waals surface area contributed by atoms with E-state index in [0.29, 0.717) is 30.3 Å². The van der Waals surface area contributed by atoms with Crippen LogP contribution in [0, 0.1) is 5.82 Å². The summed E-state index contributed by atoms with van der Waals surface area (Å²) in [5.41, 5.74) is 3.92. The molecule has 0 aliphatic carbocycles. The number of thiophene rings is 1. The normalized spacial score (nSPS) is 16.0. The third-order valence-corrected chi connectivity index (χ3v) is 9.63. The SMILES string of the molecule is O=C(NCC(=O)N1CC2(C[C@H]1C(=O)NCc1cc(N=C(c3ccccc3)c3ccccc3)cs1)OCCO2)c1ccc(Oc2ccc(F)cc2)cc1. The molecule has 2 aliphatic rings. The summed E-state index contributed by atoms with van der Waals surface area (Å²) in [6, 6.07) is 32.9. The van der Waals surface area contributed by atoms with Gasteiger partial charge in [0, 0.05) is 33.4 Å². The molecule has 1 atom stereocenters. The summed E-state index contributed by atoms with van der Waals surface area (Å²) in [6.45, 7) is 0.704. The fourth-order valence-corrected chi connectivity index (χ4v) is 6.88. The zero-order chi connectivity index (χ0) is 35.9. The van der Waals surface area contributed by atoms with Gasteiger partial charge in [-0.25, -0.2) is 9.38 Å². The predicted molar refractivity (Wildman–Crippen MR) is 194 cm³/mol. The first-order chi connectivity index (χ1) is 25.3. The van der Waals surface area contributed by atoms with Crippen molar-refractivity contribution in [1.82, 2.24) is 15.5 Å². The van der Waals surface area contributed by atoms with Crippen LogP contribution in [0.5, 0.6) is 11.5 Å². The van der Waals surface area contributed by atoms with Crippen molar-refractivity contribution in [2.45, 2.75) is 24.8 Å². The highest BCUT2D eigenvalue weighted by atomic mass is 32.1. The average Bonchev–Trinajstić information content (AvgIpc) is 3.94. The van der Waals surface area contributed by atoms with Gasteiger partial charge in [-0.2, -0.15) is 0 Å². The standard InChI is InChI=1S/C40H35FN4O6S/c41-30-13-17-33(18-14-30)51-32-15-11-29(12-16-32)38(47)43-24-36(46)45-26-40(49-19-20-50-40)22-35(45)39(48)42-23-34-21-31(25-52-34)44-37(27-7-3-1-4-8-27)28-9-5-2-6-10-28/h1-18,21,25,35H,19-20,22-24,26H2,(H,42,48)(H,43,47)/t35-/m0/s1. The number of ether oxygens (including phenoxy) is 3. The highest BCUT2D eigenvalue weighted by Gasteiger charge is 2.52. The number of aliphatic imine (C=N–C) groups is 1. The molecule has 7 rings (SSSR count). The molecule has 264 valence electrons. The molecule has 2 N–H and O–H groups in total. The number of carbonyl (C=O) groups is 3. The third kappa shape index (κ3) is 8.26. The molecule has 2 saturated heterocycles. The molecule has 1 aromatic heterocycles. The van der Waals surface area contributed by atoms with Crippen molar-refractivity contribution in [3.05, 3.63) is 148 Å². The maximum absolute atomic E-state index is 13.6. The second-order valence-electron chi connectivity index (χ2n) is 12.3. The first kappa shape index (κ1) is 34.7. The third-order valence-electron chi connectivity index (χ3n) is 8.71. The van der Waals surface area contributed by atoms with Crippen LogP contribution in [0.25, 0.3) is 0 Å². The molecule has 1 spiro atoms. The van der Waals surface area contributed by atoms with E-state index in [4.69, 9.17) is 19.2 Å². The lowest BCUT2D eigenvalue weighted by molar-refractivity contribution is -0.152. The van der Waals surface area contributed by atoms with Gasteiger partial charge in [-0.05, 0) is 54.6 Å². The molecule has 3 heterocycles. The van der Waals surface area contributed by atoms with Crippen LogP contribution in [0.3, 0.4) is 0 Å². The molecule has 3 amide bonds. The smallest absolute Gasteiger partial charge is 0.251 e. The Morgan fingerprint density at radius 1 is 0.827 bits per heavy atom. The lowest BCUT2D eigenvalue weighted by Crippen LogP contribution is -2.49. The largest absolute Gasteiger partial charge is 0.457 e. The van der Waals surface area contributed by atoms with Crippen molar-refractivity contribution >= 4 is 40.5 Å². The van der Waals surface area contributed by atoms with Gasteiger partial charge in [0.1, 0.15) is 23.4 Å². The Kier molecular flexibility index (Phi) is 10.5. The van der Waals surface area contributed by atoms with Crippen LogP contribution in [0.2, 0.25) is 0 Å². The first-order valence-corrected chi connectivity index (χ1v) is 17.7. The van der Waals surface area contributed by atoms with Gasteiger partial charge in [0.05, 0.1) is 44.2 Å². The quantitative estimate of drug-likeness (QED) is 0.156. The molecule has 2 fully saturated rings. The Morgan fingerprint density at radius 2 is 1.44 bits per heavy atom. The Morgan fingerprint density at radius 3 is 2.08 bits per heavy atom. The maximum atomic E-state index is 13.6. The lowest BCUT2D eigenvalue weighted by atomic mass is 10.0. The van der Waals surface area contributed by atoms with Crippen LogP contribution in [-0.2, 0) is 25.6 Å². The Hall–Kier alpha value is -5.69. The number of rotatable bonds is 11. The Bertz CT molecular complexity index is 2010. The van der Waals surface area contributed by atoms with Gasteiger partial charge in [-0.15, -0.1) is 11.3 Å². The van der Waals surface area contributed by atoms with Gasteiger partial charge >= 0.3 is 0 Å². The van der Waals surface area contributed by atoms with E-state index in [2.05, 4.69) is 10.6 Å². The minimum Gasteiger partial charge on any atom is -0.457 e. The molecule has 5 aromatic rings. The number of carbonyl (C=O) groups excluding carboxylic acids is 3. The molecular formula is C40H35FN4O6S. The zero-order valence-electron chi connectivity index (χ0n) is 28.0. The number of hydrogen-bond acceptors (Lipinski definition) is 8. The van der Waals surface area contributed by atoms with E-state index in [1.165, 1.54) is 40.5 Å². The summed E-state index contributed by atoms with van der Waals surface area (Å²) in [5, 5.41) is 7.58. The van der Waals surface area contributed by atoms with E-state index in [0.717, 1.165) is 27.4 Å². The van der Waals surface area contributed by atoms with Gasteiger partial charge in [0.15, 0.2) is 5.79 Å². The predicted octanol–water partition coefficient (Wildman–Crippen LogP) is 6.24. The fourth-order valence-electron chi connectivity index (χ4n) is 6.14. The highest BCUT2D eigenvalue weighted by Crippen LogP contribution is 2.35. The van der Waals surface area contributed by atoms with Gasteiger partial charge in [0.25, 0.3) is 5.91 Å². The Labute approximate surface area is 303 Å². The van der Waals surface area contributed by atoms with Crippen LogP contribution in [-0.4, -0.2) is 66.5 Å². The summed E-state index contributed by atoms with van der Waals surface area (Å²) in [6.07, 6.45) is 0.172. The Balaban J connectivity index is 0.975. The van der Waals surface area contributed by atoms with Crippen molar-refractivity contribution in [2.75, 3.05) is 26.3 Å². The minimum atomic E-state index is -1.07.